The zero-order chi connectivity index (χ0) is 16.7. The molecule has 0 spiro atoms. The highest BCUT2D eigenvalue weighted by molar-refractivity contribution is 6.09. The van der Waals surface area contributed by atoms with Gasteiger partial charge in [0.25, 0.3) is 5.69 Å². The van der Waals surface area contributed by atoms with E-state index in [4.69, 9.17) is 0 Å². The zero-order valence-corrected chi connectivity index (χ0v) is 12.9. The molecule has 23 heavy (non-hydrogen) atoms. The second-order valence-electron chi connectivity index (χ2n) is 4.89. The number of nitro benzene ring substituents is 1. The predicted octanol–water partition coefficient (Wildman–Crippen LogP) is 2.47. The number of non-ortho nitro benzene ring substituents is 1. The minimum Gasteiger partial charge on any atom is -0.258 e. The van der Waals surface area contributed by atoms with Gasteiger partial charge in [0, 0.05) is 32.4 Å². The van der Waals surface area contributed by atoms with E-state index in [0.29, 0.717) is 5.71 Å². The highest BCUT2D eigenvalue weighted by Crippen LogP contribution is 2.13. The van der Waals surface area contributed by atoms with Gasteiger partial charge in [-0.1, -0.05) is 12.1 Å². The van der Waals surface area contributed by atoms with Crippen molar-refractivity contribution < 1.29 is 4.92 Å². The molecule has 118 valence electrons. The van der Waals surface area contributed by atoms with E-state index in [-0.39, 0.29) is 5.69 Å². The van der Waals surface area contributed by atoms with Crippen molar-refractivity contribution in [3.05, 3.63) is 76.1 Å². The quantitative estimate of drug-likeness (QED) is 0.503. The van der Waals surface area contributed by atoms with Crippen molar-refractivity contribution in [2.75, 3.05) is 14.1 Å². The van der Waals surface area contributed by atoms with Crippen LogP contribution < -0.4 is 5.53 Å². The summed E-state index contributed by atoms with van der Waals surface area (Å²) < 4.78 is 0. The third kappa shape index (κ3) is 5.01. The minimum absolute atomic E-state index is 0.0649. The molecule has 1 heterocycles. The maximum absolute atomic E-state index is 10.7. The number of nitro groups is 1. The second-order valence-corrected chi connectivity index (χ2v) is 4.89. The van der Waals surface area contributed by atoms with E-state index in [1.165, 1.54) is 12.1 Å². The first kappa shape index (κ1) is 16.3. The lowest BCUT2D eigenvalue weighted by Crippen LogP contribution is -2.26. The van der Waals surface area contributed by atoms with Crippen molar-refractivity contribution in [3.63, 3.8) is 0 Å². The van der Waals surface area contributed by atoms with E-state index in [9.17, 15) is 10.1 Å². The summed E-state index contributed by atoms with van der Waals surface area (Å²) in [7, 11) is 3.67. The van der Waals surface area contributed by atoms with E-state index >= 15 is 0 Å². The van der Waals surface area contributed by atoms with Gasteiger partial charge < -0.3 is 0 Å². The van der Waals surface area contributed by atoms with E-state index in [1.807, 2.05) is 38.4 Å². The van der Waals surface area contributed by atoms with Crippen LogP contribution >= 0.6 is 0 Å². The fourth-order valence-corrected chi connectivity index (χ4v) is 1.73. The number of benzene rings is 1. The standard InChI is InChI=1S/C16H17N5O2/c1-20(2)19-18-16(15-5-3-4-12-17-15)11-8-13-6-9-14(10-7-13)21(22)23/h3-12,19H,1-2H3/b11-8+,18-16+. The van der Waals surface area contributed by atoms with Gasteiger partial charge in [-0.05, 0) is 35.9 Å². The topological polar surface area (TPSA) is 83.7 Å². The Labute approximate surface area is 134 Å². The Kier molecular flexibility index (Phi) is 5.54. The molecule has 1 aromatic heterocycles. The van der Waals surface area contributed by atoms with E-state index in [0.717, 1.165) is 11.3 Å². The fraction of sp³-hybridized carbons (Fsp3) is 0.125. The Morgan fingerprint density at radius 2 is 2.00 bits per heavy atom. The highest BCUT2D eigenvalue weighted by atomic mass is 16.6. The summed E-state index contributed by atoms with van der Waals surface area (Å²) in [5.74, 6) is 0. The van der Waals surface area contributed by atoms with Gasteiger partial charge in [0.1, 0.15) is 5.71 Å². The van der Waals surface area contributed by atoms with Crippen LogP contribution in [0.3, 0.4) is 0 Å². The van der Waals surface area contributed by atoms with Gasteiger partial charge in [0.2, 0.25) is 0 Å². The molecule has 0 radical (unpaired) electrons. The maximum Gasteiger partial charge on any atom is 0.269 e. The van der Waals surface area contributed by atoms with Crippen LogP contribution in [0.5, 0.6) is 0 Å². The summed E-state index contributed by atoms with van der Waals surface area (Å²) in [5.41, 5.74) is 5.12. The van der Waals surface area contributed by atoms with Gasteiger partial charge in [-0.15, -0.1) is 0 Å². The Morgan fingerprint density at radius 3 is 2.57 bits per heavy atom. The molecular formula is C16H17N5O2. The second kappa shape index (κ2) is 7.81. The fourth-order valence-electron chi connectivity index (χ4n) is 1.73. The lowest BCUT2D eigenvalue weighted by Gasteiger charge is -2.09. The summed E-state index contributed by atoms with van der Waals surface area (Å²) >= 11 is 0. The van der Waals surface area contributed by atoms with Gasteiger partial charge in [0.05, 0.1) is 10.6 Å². The Balaban J connectivity index is 2.23. The first-order valence-corrected chi connectivity index (χ1v) is 6.91. The van der Waals surface area contributed by atoms with Gasteiger partial charge in [-0.2, -0.15) is 5.10 Å². The van der Waals surface area contributed by atoms with Crippen molar-refractivity contribution in [2.45, 2.75) is 0 Å². The molecule has 0 saturated heterocycles. The molecule has 0 aliphatic carbocycles. The van der Waals surface area contributed by atoms with Crippen LogP contribution in [0.25, 0.3) is 6.08 Å². The number of aromatic nitrogens is 1. The third-order valence-electron chi connectivity index (χ3n) is 2.84. The average Bonchev–Trinajstić information content (AvgIpc) is 2.56. The van der Waals surface area contributed by atoms with Gasteiger partial charge in [-0.3, -0.25) is 15.1 Å². The number of nitrogens with zero attached hydrogens (tertiary/aromatic N) is 4. The van der Waals surface area contributed by atoms with Crippen molar-refractivity contribution >= 4 is 17.5 Å². The monoisotopic (exact) mass is 311 g/mol. The molecule has 1 aromatic carbocycles. The molecule has 1 N–H and O–H groups in total. The van der Waals surface area contributed by atoms with Crippen LogP contribution in [0.1, 0.15) is 11.3 Å². The lowest BCUT2D eigenvalue weighted by molar-refractivity contribution is -0.384. The molecule has 0 amide bonds. The SMILES string of the molecule is CN(C)N/N=C(\C=C\c1ccc([N+](=O)[O-])cc1)c1ccccn1. The molecule has 0 fully saturated rings. The van der Waals surface area contributed by atoms with Crippen LogP contribution in [0.4, 0.5) is 5.69 Å². The summed E-state index contributed by atoms with van der Waals surface area (Å²) in [5, 5.41) is 16.7. The van der Waals surface area contributed by atoms with Gasteiger partial charge in [-0.25, -0.2) is 10.5 Å². The maximum atomic E-state index is 10.7. The van der Waals surface area contributed by atoms with Gasteiger partial charge >= 0.3 is 0 Å². The summed E-state index contributed by atoms with van der Waals surface area (Å²) in [6.07, 6.45) is 5.33. The van der Waals surface area contributed by atoms with E-state index < -0.39 is 4.92 Å². The van der Waals surface area contributed by atoms with E-state index in [2.05, 4.69) is 15.6 Å². The average molecular weight is 311 g/mol. The number of hydrazone groups is 1. The molecule has 0 unspecified atom stereocenters. The first-order chi connectivity index (χ1) is 11.1. The largest absolute Gasteiger partial charge is 0.269 e. The van der Waals surface area contributed by atoms with Crippen LogP contribution in [0, 0.1) is 10.1 Å². The summed E-state index contributed by atoms with van der Waals surface area (Å²) in [6, 6.07) is 11.9. The van der Waals surface area contributed by atoms with Crippen molar-refractivity contribution in [3.8, 4) is 0 Å². The smallest absolute Gasteiger partial charge is 0.258 e. The molecule has 7 heteroatoms. The number of pyridine rings is 1. The van der Waals surface area contributed by atoms with Crippen molar-refractivity contribution in [1.29, 1.82) is 0 Å². The Bertz CT molecular complexity index is 709. The van der Waals surface area contributed by atoms with E-state index in [1.54, 1.807) is 29.4 Å². The first-order valence-electron chi connectivity index (χ1n) is 6.91. The molecule has 2 aromatic rings. The number of allylic oxidation sites excluding steroid dienone is 1. The molecule has 0 atom stereocenters. The Morgan fingerprint density at radius 1 is 1.26 bits per heavy atom. The lowest BCUT2D eigenvalue weighted by atomic mass is 10.1. The molecule has 0 bridgehead atoms. The number of hydrogen-bond donors (Lipinski definition) is 1. The third-order valence-corrected chi connectivity index (χ3v) is 2.84. The van der Waals surface area contributed by atoms with Gasteiger partial charge in [0.15, 0.2) is 0 Å². The van der Waals surface area contributed by atoms with Crippen molar-refractivity contribution in [2.24, 2.45) is 5.10 Å². The Hall–Kier alpha value is -3.06. The van der Waals surface area contributed by atoms with Crippen LogP contribution in [-0.2, 0) is 0 Å². The molecule has 2 rings (SSSR count). The summed E-state index contributed by atoms with van der Waals surface area (Å²) in [6.45, 7) is 0. The minimum atomic E-state index is -0.421. The number of rotatable bonds is 6. The predicted molar refractivity (Wildman–Crippen MR) is 89.7 cm³/mol. The summed E-state index contributed by atoms with van der Waals surface area (Å²) in [4.78, 5) is 14.5. The zero-order valence-electron chi connectivity index (χ0n) is 12.9. The molecule has 0 saturated carbocycles. The highest BCUT2D eigenvalue weighted by Gasteiger charge is 2.04. The van der Waals surface area contributed by atoms with Crippen LogP contribution in [0.2, 0.25) is 0 Å². The van der Waals surface area contributed by atoms with Crippen LogP contribution in [-0.4, -0.2) is 34.7 Å². The molecular weight excluding hydrogens is 294 g/mol. The van der Waals surface area contributed by atoms with Crippen molar-refractivity contribution in [1.82, 2.24) is 15.5 Å². The molecule has 0 aliphatic rings. The molecule has 7 nitrogen and oxygen atoms in total. The van der Waals surface area contributed by atoms with Crippen LogP contribution in [0.15, 0.2) is 59.8 Å². The normalized spacial score (nSPS) is 11.9. The molecule has 0 aliphatic heterocycles. The number of nitrogens with one attached hydrogen (secondary N) is 1. The number of hydrazine groups is 1. The number of hydrogen-bond acceptors (Lipinski definition) is 6.